The molecule has 0 amide bonds. The fraction of sp³-hybridized carbons (Fsp3) is 0.0526. The van der Waals surface area contributed by atoms with Gasteiger partial charge in [-0.2, -0.15) is 0 Å². The van der Waals surface area contributed by atoms with Crippen LogP contribution in [0, 0.1) is 0 Å². The summed E-state index contributed by atoms with van der Waals surface area (Å²) in [5, 5.41) is 9.23. The van der Waals surface area contributed by atoms with Gasteiger partial charge in [0.2, 0.25) is 0 Å². The summed E-state index contributed by atoms with van der Waals surface area (Å²) in [6.07, 6.45) is 2.94. The number of carbonyl (C=O) groups is 1. The molecular formula is C19H15NO3. The fourth-order valence-electron chi connectivity index (χ4n) is 2.29. The third-order valence-corrected chi connectivity index (χ3v) is 3.47. The molecule has 0 bridgehead atoms. The minimum Gasteiger partial charge on any atom is -0.489 e. The molecular weight excluding hydrogens is 290 g/mol. The molecule has 0 aliphatic heterocycles. The van der Waals surface area contributed by atoms with Gasteiger partial charge in [0.15, 0.2) is 0 Å². The number of carboxylic acids is 1. The Morgan fingerprint density at radius 3 is 2.43 bits per heavy atom. The van der Waals surface area contributed by atoms with Gasteiger partial charge in [-0.15, -0.1) is 0 Å². The summed E-state index contributed by atoms with van der Waals surface area (Å²) in [5.74, 6) is -0.249. The van der Waals surface area contributed by atoms with Crippen LogP contribution in [-0.2, 0) is 6.61 Å². The maximum Gasteiger partial charge on any atom is 0.337 e. The van der Waals surface area contributed by atoms with Crippen LogP contribution in [0.15, 0.2) is 73.1 Å². The summed E-state index contributed by atoms with van der Waals surface area (Å²) in [6.45, 7) is 0.496. The molecule has 3 aromatic rings. The summed E-state index contributed by atoms with van der Waals surface area (Å²) < 4.78 is 5.73. The second kappa shape index (κ2) is 6.75. The van der Waals surface area contributed by atoms with E-state index < -0.39 is 5.97 Å². The monoisotopic (exact) mass is 305 g/mol. The highest BCUT2D eigenvalue weighted by Crippen LogP contribution is 2.25. The summed E-state index contributed by atoms with van der Waals surface area (Å²) >= 11 is 0. The van der Waals surface area contributed by atoms with Crippen molar-refractivity contribution in [2.75, 3.05) is 0 Å². The predicted molar refractivity (Wildman–Crippen MR) is 87.4 cm³/mol. The predicted octanol–water partition coefficient (Wildman–Crippen LogP) is 4.03. The molecule has 0 saturated heterocycles. The highest BCUT2D eigenvalue weighted by Gasteiger charge is 2.11. The second-order valence-electron chi connectivity index (χ2n) is 5.03. The number of aromatic nitrogens is 1. The number of rotatable bonds is 5. The maximum absolute atomic E-state index is 11.3. The average Bonchev–Trinajstić information content (AvgIpc) is 2.61. The van der Waals surface area contributed by atoms with Crippen molar-refractivity contribution in [3.8, 4) is 16.9 Å². The Balaban J connectivity index is 1.76. The van der Waals surface area contributed by atoms with Crippen molar-refractivity contribution in [1.82, 2.24) is 4.98 Å². The number of nitrogens with zero attached hydrogens (tertiary/aromatic N) is 1. The molecule has 0 saturated carbocycles. The van der Waals surface area contributed by atoms with E-state index in [4.69, 9.17) is 4.74 Å². The molecule has 0 aliphatic rings. The number of hydrogen-bond donors (Lipinski definition) is 1. The van der Waals surface area contributed by atoms with E-state index in [0.29, 0.717) is 12.2 Å². The van der Waals surface area contributed by atoms with Gasteiger partial charge in [0.25, 0.3) is 0 Å². The molecule has 4 heteroatoms. The van der Waals surface area contributed by atoms with E-state index in [2.05, 4.69) is 4.98 Å². The summed E-state index contributed by atoms with van der Waals surface area (Å²) in [4.78, 5) is 15.1. The van der Waals surface area contributed by atoms with Crippen LogP contribution in [0.2, 0.25) is 0 Å². The van der Waals surface area contributed by atoms with Crippen LogP contribution in [0.1, 0.15) is 15.9 Å². The van der Waals surface area contributed by atoms with Gasteiger partial charge in [-0.3, -0.25) is 4.98 Å². The van der Waals surface area contributed by atoms with E-state index in [0.717, 1.165) is 16.9 Å². The molecule has 1 N–H and O–H groups in total. The number of ether oxygens (including phenoxy) is 1. The maximum atomic E-state index is 11.3. The molecule has 4 nitrogen and oxygen atoms in total. The minimum absolute atomic E-state index is 0.186. The lowest BCUT2D eigenvalue weighted by Gasteiger charge is -2.09. The van der Waals surface area contributed by atoms with Crippen molar-refractivity contribution in [2.24, 2.45) is 0 Å². The summed E-state index contributed by atoms with van der Waals surface area (Å²) in [7, 11) is 0. The van der Waals surface area contributed by atoms with Crippen molar-refractivity contribution < 1.29 is 14.6 Å². The second-order valence-corrected chi connectivity index (χ2v) is 5.03. The lowest BCUT2D eigenvalue weighted by molar-refractivity contribution is 0.0697. The Morgan fingerprint density at radius 1 is 1.00 bits per heavy atom. The van der Waals surface area contributed by atoms with E-state index in [-0.39, 0.29) is 5.56 Å². The van der Waals surface area contributed by atoms with E-state index in [1.54, 1.807) is 12.3 Å². The van der Waals surface area contributed by atoms with Gasteiger partial charge in [-0.05, 0) is 34.9 Å². The quantitative estimate of drug-likeness (QED) is 0.773. The standard InChI is InChI=1S/C19H15NO3/c21-19(22)18-12-20-11-10-17(18)15-6-8-16(9-7-15)23-13-14-4-2-1-3-5-14/h1-12H,13H2,(H,21,22). The molecule has 1 heterocycles. The average molecular weight is 305 g/mol. The number of hydrogen-bond acceptors (Lipinski definition) is 3. The van der Waals surface area contributed by atoms with Crippen molar-refractivity contribution >= 4 is 5.97 Å². The molecule has 1 aromatic heterocycles. The molecule has 0 unspecified atom stereocenters. The molecule has 0 spiro atoms. The topological polar surface area (TPSA) is 59.4 Å². The largest absolute Gasteiger partial charge is 0.489 e. The Bertz CT molecular complexity index is 798. The molecule has 0 fully saturated rings. The van der Waals surface area contributed by atoms with Crippen LogP contribution < -0.4 is 4.74 Å². The zero-order valence-corrected chi connectivity index (χ0v) is 12.3. The third kappa shape index (κ3) is 3.55. The fourth-order valence-corrected chi connectivity index (χ4v) is 2.29. The number of carboxylic acid groups (broad SMARTS) is 1. The third-order valence-electron chi connectivity index (χ3n) is 3.47. The van der Waals surface area contributed by atoms with Gasteiger partial charge in [0.1, 0.15) is 12.4 Å². The molecule has 2 aromatic carbocycles. The SMILES string of the molecule is O=C(O)c1cnccc1-c1ccc(OCc2ccccc2)cc1. The minimum atomic E-state index is -0.988. The van der Waals surface area contributed by atoms with Crippen LogP contribution in [0.3, 0.4) is 0 Å². The Hall–Kier alpha value is -3.14. The van der Waals surface area contributed by atoms with Crippen molar-refractivity contribution in [3.05, 3.63) is 84.2 Å². The highest BCUT2D eigenvalue weighted by molar-refractivity contribution is 5.95. The molecule has 114 valence electrons. The van der Waals surface area contributed by atoms with E-state index in [1.165, 1.54) is 6.20 Å². The molecule has 0 atom stereocenters. The zero-order chi connectivity index (χ0) is 16.1. The first-order valence-corrected chi connectivity index (χ1v) is 7.18. The van der Waals surface area contributed by atoms with Gasteiger partial charge in [0.05, 0.1) is 5.56 Å². The van der Waals surface area contributed by atoms with Crippen molar-refractivity contribution in [1.29, 1.82) is 0 Å². The first-order valence-electron chi connectivity index (χ1n) is 7.18. The first-order chi connectivity index (χ1) is 11.2. The van der Waals surface area contributed by atoms with Gasteiger partial charge < -0.3 is 9.84 Å². The molecule has 3 rings (SSSR count). The Kier molecular flexibility index (Phi) is 4.34. The van der Waals surface area contributed by atoms with Crippen LogP contribution in [0.5, 0.6) is 5.75 Å². The van der Waals surface area contributed by atoms with Gasteiger partial charge in [0, 0.05) is 12.4 Å². The van der Waals surface area contributed by atoms with Gasteiger partial charge >= 0.3 is 5.97 Å². The van der Waals surface area contributed by atoms with E-state index >= 15 is 0 Å². The molecule has 0 aliphatic carbocycles. The van der Waals surface area contributed by atoms with Crippen molar-refractivity contribution in [2.45, 2.75) is 6.61 Å². The van der Waals surface area contributed by atoms with Crippen LogP contribution >= 0.6 is 0 Å². The first kappa shape index (κ1) is 14.8. The van der Waals surface area contributed by atoms with Gasteiger partial charge in [-0.25, -0.2) is 4.79 Å². The number of benzene rings is 2. The van der Waals surface area contributed by atoms with Crippen LogP contribution in [-0.4, -0.2) is 16.1 Å². The number of aromatic carboxylic acids is 1. The smallest absolute Gasteiger partial charge is 0.337 e. The zero-order valence-electron chi connectivity index (χ0n) is 12.3. The molecule has 23 heavy (non-hydrogen) atoms. The lowest BCUT2D eigenvalue weighted by atomic mass is 10.0. The van der Waals surface area contributed by atoms with Gasteiger partial charge in [-0.1, -0.05) is 42.5 Å². The summed E-state index contributed by atoms with van der Waals surface area (Å²) in [5.41, 5.74) is 2.74. The normalized spacial score (nSPS) is 10.3. The van der Waals surface area contributed by atoms with Crippen molar-refractivity contribution in [3.63, 3.8) is 0 Å². The molecule has 0 radical (unpaired) electrons. The van der Waals surface area contributed by atoms with E-state index in [9.17, 15) is 9.90 Å². The van der Waals surface area contributed by atoms with Crippen LogP contribution in [0.25, 0.3) is 11.1 Å². The Morgan fingerprint density at radius 2 is 1.74 bits per heavy atom. The summed E-state index contributed by atoms with van der Waals surface area (Å²) in [6, 6.07) is 19.0. The lowest BCUT2D eigenvalue weighted by Crippen LogP contribution is -2.00. The highest BCUT2D eigenvalue weighted by atomic mass is 16.5. The number of pyridine rings is 1. The van der Waals surface area contributed by atoms with E-state index in [1.807, 2.05) is 54.6 Å². The Labute approximate surface area is 134 Å². The van der Waals surface area contributed by atoms with Crippen LogP contribution in [0.4, 0.5) is 0 Å².